The molecule has 4 nitrogen and oxygen atoms in total. The van der Waals surface area contributed by atoms with Gasteiger partial charge in [-0.2, -0.15) is 5.10 Å². The summed E-state index contributed by atoms with van der Waals surface area (Å²) in [5, 5.41) is 4.72. The van der Waals surface area contributed by atoms with Gasteiger partial charge in [0.25, 0.3) is 0 Å². The van der Waals surface area contributed by atoms with E-state index in [0.29, 0.717) is 18.1 Å². The summed E-state index contributed by atoms with van der Waals surface area (Å²) in [5.74, 6) is 0.157. The molecule has 2 N–H and O–H groups in total. The zero-order chi connectivity index (χ0) is 12.3. The van der Waals surface area contributed by atoms with E-state index in [4.69, 9.17) is 17.3 Å². The summed E-state index contributed by atoms with van der Waals surface area (Å²) in [4.78, 5) is 11.9. The number of aromatic nitrogens is 2. The minimum absolute atomic E-state index is 0.0133. The molecular formula is C11H18ClN3O. The Hall–Kier alpha value is -0.870. The molecule has 0 spiro atoms. The molecule has 5 heteroatoms. The quantitative estimate of drug-likeness (QED) is 0.852. The third kappa shape index (κ3) is 2.83. The summed E-state index contributed by atoms with van der Waals surface area (Å²) in [6.07, 6.45) is 1.06. The highest BCUT2D eigenvalue weighted by Crippen LogP contribution is 2.20. The lowest BCUT2D eigenvalue weighted by Gasteiger charge is -2.08. The van der Waals surface area contributed by atoms with Crippen molar-refractivity contribution in [2.75, 3.05) is 6.54 Å². The highest BCUT2D eigenvalue weighted by molar-refractivity contribution is 6.30. The Morgan fingerprint density at radius 2 is 2.25 bits per heavy atom. The Morgan fingerprint density at radius 3 is 2.69 bits per heavy atom. The zero-order valence-corrected chi connectivity index (χ0v) is 10.7. The van der Waals surface area contributed by atoms with E-state index in [1.54, 1.807) is 11.7 Å². The second kappa shape index (κ2) is 5.46. The Morgan fingerprint density at radius 1 is 1.62 bits per heavy atom. The van der Waals surface area contributed by atoms with Crippen LogP contribution in [0.5, 0.6) is 0 Å². The predicted octanol–water partition coefficient (Wildman–Crippen LogP) is 1.48. The van der Waals surface area contributed by atoms with Gasteiger partial charge in [-0.05, 0) is 19.9 Å². The van der Waals surface area contributed by atoms with Gasteiger partial charge in [-0.1, -0.05) is 18.5 Å². The Kier molecular flexibility index (Phi) is 4.50. The molecule has 0 saturated heterocycles. The highest BCUT2D eigenvalue weighted by Gasteiger charge is 2.18. The van der Waals surface area contributed by atoms with Gasteiger partial charge in [-0.3, -0.25) is 9.48 Å². The number of Topliss-reactive ketones (excluding diaryl/α,β-unsaturated/α-hetero) is 1. The van der Waals surface area contributed by atoms with Gasteiger partial charge >= 0.3 is 0 Å². The fourth-order valence-electron chi connectivity index (χ4n) is 1.63. The van der Waals surface area contributed by atoms with E-state index in [0.717, 1.165) is 17.7 Å². The van der Waals surface area contributed by atoms with Gasteiger partial charge in [-0.15, -0.1) is 0 Å². The summed E-state index contributed by atoms with van der Waals surface area (Å²) < 4.78 is 1.59. The van der Waals surface area contributed by atoms with Crippen molar-refractivity contribution < 1.29 is 4.79 Å². The monoisotopic (exact) mass is 243 g/mol. The normalized spacial score (nSPS) is 12.8. The molecule has 1 unspecified atom stereocenters. The number of halogens is 1. The maximum Gasteiger partial charge on any atom is 0.140 e. The summed E-state index contributed by atoms with van der Waals surface area (Å²) in [6, 6.07) is 0. The summed E-state index contributed by atoms with van der Waals surface area (Å²) >= 11 is 6.06. The van der Waals surface area contributed by atoms with Crippen molar-refractivity contribution in [1.82, 2.24) is 9.78 Å². The van der Waals surface area contributed by atoms with Crippen molar-refractivity contribution >= 4 is 17.4 Å². The molecule has 0 aliphatic heterocycles. The largest absolute Gasteiger partial charge is 0.330 e. The average Bonchev–Trinajstić information content (AvgIpc) is 2.45. The van der Waals surface area contributed by atoms with Crippen LogP contribution < -0.4 is 5.73 Å². The number of hydrogen-bond donors (Lipinski definition) is 1. The summed E-state index contributed by atoms with van der Waals surface area (Å²) in [6.45, 7) is 4.30. The van der Waals surface area contributed by atoms with E-state index in [9.17, 15) is 4.79 Å². The molecule has 0 aliphatic carbocycles. The van der Waals surface area contributed by atoms with Crippen LogP contribution in [0.2, 0.25) is 5.15 Å². The second-order valence-electron chi connectivity index (χ2n) is 4.10. The third-order valence-corrected chi connectivity index (χ3v) is 3.24. The number of ketones is 1. The van der Waals surface area contributed by atoms with E-state index in [1.165, 1.54) is 0 Å². The van der Waals surface area contributed by atoms with Gasteiger partial charge in [0, 0.05) is 24.9 Å². The molecule has 1 rings (SSSR count). The first kappa shape index (κ1) is 13.2. The predicted molar refractivity (Wildman–Crippen MR) is 64.5 cm³/mol. The number of rotatable bonds is 5. The lowest BCUT2D eigenvalue weighted by Crippen LogP contribution is -2.17. The van der Waals surface area contributed by atoms with Crippen molar-refractivity contribution in [2.24, 2.45) is 18.7 Å². The minimum Gasteiger partial charge on any atom is -0.330 e. The first-order valence-corrected chi connectivity index (χ1v) is 5.76. The molecule has 90 valence electrons. The molecule has 16 heavy (non-hydrogen) atoms. The standard InChI is InChI=1S/C11H18ClN3O/c1-7(4-5-13)10(16)6-9-8(2)14-15(3)11(9)12/h7H,4-6,13H2,1-3H3. The number of nitrogens with zero attached hydrogens (tertiary/aromatic N) is 2. The van der Waals surface area contributed by atoms with Crippen LogP contribution in [0.15, 0.2) is 0 Å². The molecule has 0 fully saturated rings. The van der Waals surface area contributed by atoms with Crippen LogP contribution in [-0.2, 0) is 18.3 Å². The van der Waals surface area contributed by atoms with Gasteiger partial charge in [0.1, 0.15) is 10.9 Å². The van der Waals surface area contributed by atoms with Crippen molar-refractivity contribution in [3.8, 4) is 0 Å². The maximum atomic E-state index is 11.9. The molecule has 0 saturated carbocycles. The molecule has 1 aromatic heterocycles. The smallest absolute Gasteiger partial charge is 0.140 e. The highest BCUT2D eigenvalue weighted by atomic mass is 35.5. The van der Waals surface area contributed by atoms with Crippen LogP contribution in [-0.4, -0.2) is 22.1 Å². The van der Waals surface area contributed by atoms with E-state index >= 15 is 0 Å². The van der Waals surface area contributed by atoms with Crippen LogP contribution >= 0.6 is 11.6 Å². The van der Waals surface area contributed by atoms with Crippen LogP contribution in [0.25, 0.3) is 0 Å². The van der Waals surface area contributed by atoms with Crippen molar-refractivity contribution in [1.29, 1.82) is 0 Å². The fourth-order valence-corrected chi connectivity index (χ4v) is 1.88. The molecule has 1 aromatic rings. The van der Waals surface area contributed by atoms with Crippen molar-refractivity contribution in [2.45, 2.75) is 26.7 Å². The van der Waals surface area contributed by atoms with E-state index < -0.39 is 0 Å². The maximum absolute atomic E-state index is 11.9. The van der Waals surface area contributed by atoms with Gasteiger partial charge in [-0.25, -0.2) is 0 Å². The molecule has 0 bridgehead atoms. The van der Waals surface area contributed by atoms with Crippen LogP contribution in [0, 0.1) is 12.8 Å². The molecule has 1 heterocycles. The first-order valence-electron chi connectivity index (χ1n) is 5.38. The number of hydrogen-bond acceptors (Lipinski definition) is 3. The molecular weight excluding hydrogens is 226 g/mol. The number of aryl methyl sites for hydroxylation is 2. The Bertz CT molecular complexity index is 387. The molecule has 0 aliphatic rings. The summed E-state index contributed by atoms with van der Waals surface area (Å²) in [7, 11) is 1.77. The lowest BCUT2D eigenvalue weighted by atomic mass is 9.97. The minimum atomic E-state index is -0.0133. The van der Waals surface area contributed by atoms with E-state index in [2.05, 4.69) is 5.10 Å². The fraction of sp³-hybridized carbons (Fsp3) is 0.636. The van der Waals surface area contributed by atoms with Gasteiger partial charge in [0.2, 0.25) is 0 Å². The average molecular weight is 244 g/mol. The third-order valence-electron chi connectivity index (χ3n) is 2.77. The van der Waals surface area contributed by atoms with Gasteiger partial charge in [0.05, 0.1) is 5.69 Å². The summed E-state index contributed by atoms with van der Waals surface area (Å²) in [5.41, 5.74) is 7.08. The Labute approximate surface area is 101 Å². The van der Waals surface area contributed by atoms with Crippen molar-refractivity contribution in [3.05, 3.63) is 16.4 Å². The van der Waals surface area contributed by atoms with Gasteiger partial charge in [0.15, 0.2) is 0 Å². The first-order chi connectivity index (χ1) is 7.47. The molecule has 1 atom stereocenters. The van der Waals surface area contributed by atoms with Crippen LogP contribution in [0.1, 0.15) is 24.6 Å². The number of carbonyl (C=O) groups excluding carboxylic acids is 1. The molecule has 0 radical (unpaired) electrons. The number of carbonyl (C=O) groups is 1. The number of nitrogens with two attached hydrogens (primary N) is 1. The van der Waals surface area contributed by atoms with Crippen molar-refractivity contribution in [3.63, 3.8) is 0 Å². The Balaban J connectivity index is 2.77. The molecule has 0 aromatic carbocycles. The lowest BCUT2D eigenvalue weighted by molar-refractivity contribution is -0.121. The van der Waals surface area contributed by atoms with Crippen LogP contribution in [0.4, 0.5) is 0 Å². The zero-order valence-electron chi connectivity index (χ0n) is 9.96. The second-order valence-corrected chi connectivity index (χ2v) is 4.46. The van der Waals surface area contributed by atoms with Gasteiger partial charge < -0.3 is 5.73 Å². The van der Waals surface area contributed by atoms with E-state index in [1.807, 2.05) is 13.8 Å². The topological polar surface area (TPSA) is 60.9 Å². The van der Waals surface area contributed by atoms with E-state index in [-0.39, 0.29) is 11.7 Å². The molecule has 0 amide bonds. The SMILES string of the molecule is Cc1nn(C)c(Cl)c1CC(=O)C(C)CCN. The van der Waals surface area contributed by atoms with Crippen LogP contribution in [0.3, 0.4) is 0 Å².